The van der Waals surface area contributed by atoms with E-state index in [-0.39, 0.29) is 5.41 Å². The van der Waals surface area contributed by atoms with Crippen molar-refractivity contribution in [2.24, 2.45) is 10.8 Å². The highest BCUT2D eigenvalue weighted by Gasteiger charge is 2.48. The molecule has 0 heterocycles. The first kappa shape index (κ1) is 26.8. The van der Waals surface area contributed by atoms with Crippen molar-refractivity contribution in [1.29, 1.82) is 0 Å². The van der Waals surface area contributed by atoms with Crippen LogP contribution in [0.15, 0.2) is 72.8 Å². The van der Waals surface area contributed by atoms with Crippen LogP contribution >= 0.6 is 0 Å². The van der Waals surface area contributed by atoms with E-state index < -0.39 is 0 Å². The van der Waals surface area contributed by atoms with Gasteiger partial charge in [-0.05, 0) is 118 Å². The minimum Gasteiger partial charge on any atom is -0.0602 e. The van der Waals surface area contributed by atoms with Crippen LogP contribution in [0.1, 0.15) is 122 Å². The zero-order chi connectivity index (χ0) is 28.9. The van der Waals surface area contributed by atoms with Crippen molar-refractivity contribution < 1.29 is 0 Å². The highest BCUT2D eigenvalue weighted by molar-refractivity contribution is 5.87. The van der Waals surface area contributed by atoms with Gasteiger partial charge in [0.15, 0.2) is 0 Å². The van der Waals surface area contributed by atoms with E-state index in [1.54, 1.807) is 22.3 Å². The summed E-state index contributed by atoms with van der Waals surface area (Å²) in [4.78, 5) is 0. The summed E-state index contributed by atoms with van der Waals surface area (Å²) in [5, 5.41) is 0. The maximum absolute atomic E-state index is 2.58. The maximum Gasteiger partial charge on any atom is 0.0713 e. The minimum atomic E-state index is -0.295. The van der Waals surface area contributed by atoms with Gasteiger partial charge < -0.3 is 0 Å². The normalized spacial score (nSPS) is 19.9. The Morgan fingerprint density at radius 3 is 1.34 bits per heavy atom. The third-order valence-electron chi connectivity index (χ3n) is 10.1. The van der Waals surface area contributed by atoms with Gasteiger partial charge in [-0.1, -0.05) is 125 Å². The van der Waals surface area contributed by atoms with Crippen LogP contribution in [-0.4, -0.2) is 0 Å². The average Bonchev–Trinajstić information content (AvgIpc) is 3.13. The van der Waals surface area contributed by atoms with E-state index >= 15 is 0 Å². The number of fused-ring (bicyclic) bond motifs is 5. The van der Waals surface area contributed by atoms with E-state index in [9.17, 15) is 0 Å². The Bertz CT molecular complexity index is 1560. The molecule has 3 aliphatic rings. The number of benzene rings is 4. The molecule has 0 fully saturated rings. The molecule has 4 aromatic carbocycles. The molecule has 4 aromatic rings. The molecule has 0 heteroatoms. The van der Waals surface area contributed by atoms with E-state index in [1.165, 1.54) is 70.2 Å². The van der Waals surface area contributed by atoms with Gasteiger partial charge >= 0.3 is 0 Å². The Hall–Kier alpha value is -3.12. The number of hydrogen-bond donors (Lipinski definition) is 0. The van der Waals surface area contributed by atoms with Crippen LogP contribution in [0.2, 0.25) is 0 Å². The van der Waals surface area contributed by atoms with Gasteiger partial charge in [-0.2, -0.15) is 0 Å². The molecule has 0 bridgehead atoms. The van der Waals surface area contributed by atoms with Crippen LogP contribution in [0.5, 0.6) is 0 Å². The summed E-state index contributed by atoms with van der Waals surface area (Å²) in [6.07, 6.45) is 4.93. The summed E-state index contributed by atoms with van der Waals surface area (Å²) in [7, 11) is 0. The molecule has 0 radical (unpaired) electrons. The van der Waals surface area contributed by atoms with Crippen molar-refractivity contribution in [2.45, 2.75) is 98.3 Å². The standard InChI is InChI=1S/C41H46/c1-25-9-13-35-36-14-10-26(2)18-38(36)41(37(35)17-25,31-11-15-33-27(21-31)19-29(33)23-39(3,4)5)32-12-16-34-28(22-32)20-30(34)24-40(6,7)8/h9-18,21-22,29-30H,19-20,23-24H2,1-8H3. The molecule has 0 spiro atoms. The number of aryl methyl sites for hydroxylation is 2. The Labute approximate surface area is 248 Å². The summed E-state index contributed by atoms with van der Waals surface area (Å²) in [5.41, 5.74) is 17.9. The molecule has 0 saturated heterocycles. The Morgan fingerprint density at radius 1 is 0.561 bits per heavy atom. The average molecular weight is 539 g/mol. The lowest BCUT2D eigenvalue weighted by atomic mass is 9.62. The van der Waals surface area contributed by atoms with Crippen LogP contribution in [0.25, 0.3) is 11.1 Å². The predicted molar refractivity (Wildman–Crippen MR) is 174 cm³/mol. The Morgan fingerprint density at radius 2 is 0.976 bits per heavy atom. The first-order valence-corrected chi connectivity index (χ1v) is 15.8. The molecule has 2 atom stereocenters. The Kier molecular flexibility index (Phi) is 5.83. The molecule has 0 saturated carbocycles. The fourth-order valence-corrected chi connectivity index (χ4v) is 8.50. The quantitative estimate of drug-likeness (QED) is 0.213. The van der Waals surface area contributed by atoms with Crippen molar-refractivity contribution >= 4 is 0 Å². The maximum atomic E-state index is 2.58. The van der Waals surface area contributed by atoms with Gasteiger partial charge in [0.1, 0.15) is 0 Å². The second-order valence-electron chi connectivity index (χ2n) is 16.0. The largest absolute Gasteiger partial charge is 0.0713 e. The molecule has 2 unspecified atom stereocenters. The van der Waals surface area contributed by atoms with Gasteiger partial charge in [0.05, 0.1) is 5.41 Å². The van der Waals surface area contributed by atoms with Gasteiger partial charge in [-0.25, -0.2) is 0 Å². The second-order valence-corrected chi connectivity index (χ2v) is 16.0. The monoisotopic (exact) mass is 538 g/mol. The van der Waals surface area contributed by atoms with Crippen LogP contribution in [0.4, 0.5) is 0 Å². The highest BCUT2D eigenvalue weighted by atomic mass is 14.5. The van der Waals surface area contributed by atoms with Crippen molar-refractivity contribution in [1.82, 2.24) is 0 Å². The zero-order valence-electron chi connectivity index (χ0n) is 26.4. The molecular formula is C41H46. The Balaban J connectivity index is 1.44. The van der Waals surface area contributed by atoms with Gasteiger partial charge in [-0.15, -0.1) is 0 Å². The lowest BCUT2D eigenvalue weighted by molar-refractivity contribution is 0.323. The van der Waals surface area contributed by atoms with Crippen molar-refractivity contribution in [3.05, 3.63) is 128 Å². The summed E-state index contributed by atoms with van der Waals surface area (Å²) >= 11 is 0. The first-order valence-electron chi connectivity index (χ1n) is 15.8. The molecule has 210 valence electrons. The highest BCUT2D eigenvalue weighted by Crippen LogP contribution is 2.58. The van der Waals surface area contributed by atoms with E-state index in [0.717, 1.165) is 0 Å². The molecule has 0 aliphatic heterocycles. The summed E-state index contributed by atoms with van der Waals surface area (Å²) in [6.45, 7) is 18.8. The second kappa shape index (κ2) is 8.94. The molecule has 41 heavy (non-hydrogen) atoms. The van der Waals surface area contributed by atoms with Crippen LogP contribution in [0, 0.1) is 24.7 Å². The topological polar surface area (TPSA) is 0 Å². The van der Waals surface area contributed by atoms with Gasteiger partial charge in [-0.3, -0.25) is 0 Å². The smallest absolute Gasteiger partial charge is 0.0602 e. The first-order chi connectivity index (χ1) is 19.3. The fourth-order valence-electron chi connectivity index (χ4n) is 8.50. The van der Waals surface area contributed by atoms with Gasteiger partial charge in [0.25, 0.3) is 0 Å². The van der Waals surface area contributed by atoms with Gasteiger partial charge in [0.2, 0.25) is 0 Å². The van der Waals surface area contributed by atoms with E-state index in [1.807, 2.05) is 0 Å². The fraction of sp³-hybridized carbons (Fsp3) is 0.415. The number of hydrogen-bond acceptors (Lipinski definition) is 0. The lowest BCUT2D eigenvalue weighted by Gasteiger charge is -2.40. The van der Waals surface area contributed by atoms with Crippen LogP contribution < -0.4 is 0 Å². The van der Waals surface area contributed by atoms with Crippen LogP contribution in [0.3, 0.4) is 0 Å². The molecule has 0 nitrogen and oxygen atoms in total. The molecule has 0 aromatic heterocycles. The van der Waals surface area contributed by atoms with Gasteiger partial charge in [0, 0.05) is 0 Å². The molecule has 0 amide bonds. The number of rotatable bonds is 4. The minimum absolute atomic E-state index is 0.295. The zero-order valence-corrected chi connectivity index (χ0v) is 26.4. The third kappa shape index (κ3) is 4.24. The van der Waals surface area contributed by atoms with E-state index in [0.29, 0.717) is 22.7 Å². The third-order valence-corrected chi connectivity index (χ3v) is 10.1. The van der Waals surface area contributed by atoms with Crippen LogP contribution in [-0.2, 0) is 18.3 Å². The molecule has 0 N–H and O–H groups in total. The molecule has 3 aliphatic carbocycles. The van der Waals surface area contributed by atoms with Crippen molar-refractivity contribution in [3.63, 3.8) is 0 Å². The summed E-state index contributed by atoms with van der Waals surface area (Å²) in [5.74, 6) is 1.39. The van der Waals surface area contributed by atoms with Crippen molar-refractivity contribution in [2.75, 3.05) is 0 Å². The molecule has 7 rings (SSSR count). The molecular weight excluding hydrogens is 492 g/mol. The predicted octanol–water partition coefficient (Wildman–Crippen LogP) is 10.8. The lowest BCUT2D eigenvalue weighted by Crippen LogP contribution is -2.32. The SMILES string of the molecule is Cc1ccc2c(c1)C(c1ccc3c(c1)CC3CC(C)(C)C)(c1ccc3c(c1)CC3CC(C)(C)C)c1cc(C)ccc1-2. The van der Waals surface area contributed by atoms with E-state index in [4.69, 9.17) is 0 Å². The van der Waals surface area contributed by atoms with Crippen molar-refractivity contribution in [3.8, 4) is 11.1 Å². The summed E-state index contributed by atoms with van der Waals surface area (Å²) < 4.78 is 0. The summed E-state index contributed by atoms with van der Waals surface area (Å²) in [6, 6.07) is 29.4. The van der Waals surface area contributed by atoms with E-state index in [2.05, 4.69) is 128 Å².